The van der Waals surface area contributed by atoms with Crippen LogP contribution in [0.25, 0.3) is 0 Å². The fourth-order valence-corrected chi connectivity index (χ4v) is 1.51. The Morgan fingerprint density at radius 2 is 1.81 bits per heavy atom. The summed E-state index contributed by atoms with van der Waals surface area (Å²) in [5.41, 5.74) is 4.09. The first-order chi connectivity index (χ1) is 9.82. The number of nitrogen functional groups attached to an aromatic ring is 1. The number of ether oxygens (including phenoxy) is 2. The normalized spacial score (nSPS) is 11.3. The molecular formula is C12H9F4N3O2. The van der Waals surface area contributed by atoms with Crippen molar-refractivity contribution in [3.8, 4) is 17.5 Å². The van der Waals surface area contributed by atoms with Gasteiger partial charge in [-0.2, -0.15) is 23.1 Å². The van der Waals surface area contributed by atoms with Crippen LogP contribution in [0.3, 0.4) is 0 Å². The molecule has 2 N–H and O–H groups in total. The Morgan fingerprint density at radius 1 is 1.14 bits per heavy atom. The molecule has 0 saturated heterocycles. The van der Waals surface area contributed by atoms with Crippen molar-refractivity contribution >= 4 is 5.69 Å². The highest BCUT2D eigenvalue weighted by atomic mass is 19.4. The van der Waals surface area contributed by atoms with Crippen LogP contribution in [-0.4, -0.2) is 17.1 Å². The van der Waals surface area contributed by atoms with Gasteiger partial charge in [-0.1, -0.05) is 0 Å². The topological polar surface area (TPSA) is 70.3 Å². The van der Waals surface area contributed by atoms with Gasteiger partial charge in [0.1, 0.15) is 17.9 Å². The van der Waals surface area contributed by atoms with E-state index in [1.54, 1.807) is 0 Å². The maximum absolute atomic E-state index is 13.2. The number of aromatic nitrogens is 2. The maximum atomic E-state index is 13.2. The summed E-state index contributed by atoms with van der Waals surface area (Å²) in [5, 5.41) is 0. The molecule has 1 aromatic carbocycles. The number of alkyl halides is 3. The highest BCUT2D eigenvalue weighted by Gasteiger charge is 2.34. The van der Waals surface area contributed by atoms with E-state index in [2.05, 4.69) is 9.97 Å². The van der Waals surface area contributed by atoms with E-state index in [-0.39, 0.29) is 23.2 Å². The molecule has 0 amide bonds. The Labute approximate surface area is 116 Å². The average Bonchev–Trinajstić information content (AvgIpc) is 2.42. The molecule has 5 nitrogen and oxygen atoms in total. The van der Waals surface area contributed by atoms with Gasteiger partial charge in [0, 0.05) is 0 Å². The van der Waals surface area contributed by atoms with Gasteiger partial charge in [-0.3, -0.25) is 0 Å². The molecule has 2 rings (SSSR count). The second-order valence-electron chi connectivity index (χ2n) is 3.84. The van der Waals surface area contributed by atoms with Crippen molar-refractivity contribution in [2.24, 2.45) is 0 Å². The van der Waals surface area contributed by atoms with E-state index in [4.69, 9.17) is 15.2 Å². The smallest absolute Gasteiger partial charge is 0.419 e. The Balaban J connectivity index is 2.37. The van der Waals surface area contributed by atoms with Crippen molar-refractivity contribution in [3.05, 3.63) is 35.9 Å². The molecule has 9 heteroatoms. The standard InChI is InChI=1S/C12H9F4N3O2/c1-20-10-9(17)11(19-5-18-10)21-6-2-3-8(13)7(4-6)12(14,15)16/h2-5H,17H2,1H3. The van der Waals surface area contributed by atoms with Crippen molar-refractivity contribution in [1.82, 2.24) is 9.97 Å². The first-order valence-corrected chi connectivity index (χ1v) is 5.52. The summed E-state index contributed by atoms with van der Waals surface area (Å²) < 4.78 is 60.9. The molecule has 112 valence electrons. The van der Waals surface area contributed by atoms with E-state index in [9.17, 15) is 17.6 Å². The molecule has 0 spiro atoms. The van der Waals surface area contributed by atoms with Crippen LogP contribution in [0.2, 0.25) is 0 Å². The van der Waals surface area contributed by atoms with Gasteiger partial charge in [-0.15, -0.1) is 0 Å². The molecule has 0 radical (unpaired) electrons. The van der Waals surface area contributed by atoms with Crippen LogP contribution < -0.4 is 15.2 Å². The molecule has 0 atom stereocenters. The van der Waals surface area contributed by atoms with E-state index in [0.717, 1.165) is 12.4 Å². The number of hydrogen-bond acceptors (Lipinski definition) is 5. The van der Waals surface area contributed by atoms with Gasteiger partial charge >= 0.3 is 6.18 Å². The number of hydrogen-bond donors (Lipinski definition) is 1. The van der Waals surface area contributed by atoms with Gasteiger partial charge in [-0.05, 0) is 18.2 Å². The van der Waals surface area contributed by atoms with Crippen LogP contribution in [0.1, 0.15) is 5.56 Å². The van der Waals surface area contributed by atoms with E-state index in [1.165, 1.54) is 7.11 Å². The highest BCUT2D eigenvalue weighted by molar-refractivity contribution is 5.56. The Bertz CT molecular complexity index is 661. The lowest BCUT2D eigenvalue weighted by Gasteiger charge is -2.12. The predicted octanol–water partition coefficient (Wildman–Crippen LogP) is 3.02. The Kier molecular flexibility index (Phi) is 3.83. The number of nitrogens with zero attached hydrogens (tertiary/aromatic N) is 2. The largest absolute Gasteiger partial charge is 0.479 e. The molecule has 0 fully saturated rings. The van der Waals surface area contributed by atoms with Crippen molar-refractivity contribution in [3.63, 3.8) is 0 Å². The second-order valence-corrected chi connectivity index (χ2v) is 3.84. The number of benzene rings is 1. The summed E-state index contributed by atoms with van der Waals surface area (Å²) in [6, 6.07) is 2.19. The molecule has 0 saturated carbocycles. The number of rotatable bonds is 3. The van der Waals surface area contributed by atoms with Gasteiger partial charge in [-0.25, -0.2) is 4.39 Å². The molecular weight excluding hydrogens is 294 g/mol. The minimum absolute atomic E-state index is 0.0122. The molecule has 0 unspecified atom stereocenters. The summed E-state index contributed by atoms with van der Waals surface area (Å²) in [4.78, 5) is 7.37. The SMILES string of the molecule is COc1ncnc(Oc2ccc(F)c(C(F)(F)F)c2)c1N. The lowest BCUT2D eigenvalue weighted by Crippen LogP contribution is -2.08. The third-order valence-corrected chi connectivity index (χ3v) is 2.46. The lowest BCUT2D eigenvalue weighted by atomic mass is 10.2. The number of halogens is 4. The molecule has 21 heavy (non-hydrogen) atoms. The lowest BCUT2D eigenvalue weighted by molar-refractivity contribution is -0.140. The van der Waals surface area contributed by atoms with Crippen molar-refractivity contribution in [1.29, 1.82) is 0 Å². The van der Waals surface area contributed by atoms with Crippen LogP contribution in [0, 0.1) is 5.82 Å². The Morgan fingerprint density at radius 3 is 2.43 bits per heavy atom. The summed E-state index contributed by atoms with van der Waals surface area (Å²) in [7, 11) is 1.31. The van der Waals surface area contributed by atoms with Gasteiger partial charge < -0.3 is 15.2 Å². The van der Waals surface area contributed by atoms with Gasteiger partial charge in [0.05, 0.1) is 12.7 Å². The van der Waals surface area contributed by atoms with E-state index >= 15 is 0 Å². The maximum Gasteiger partial charge on any atom is 0.419 e. The zero-order chi connectivity index (χ0) is 15.6. The summed E-state index contributed by atoms with van der Waals surface area (Å²) in [6.45, 7) is 0. The highest BCUT2D eigenvalue weighted by Crippen LogP contribution is 2.36. The number of nitrogens with two attached hydrogens (primary N) is 1. The molecule has 0 aliphatic carbocycles. The minimum Gasteiger partial charge on any atom is -0.479 e. The fourth-order valence-electron chi connectivity index (χ4n) is 1.51. The van der Waals surface area contributed by atoms with Gasteiger partial charge in [0.2, 0.25) is 11.8 Å². The molecule has 1 aromatic heterocycles. The van der Waals surface area contributed by atoms with Crippen molar-refractivity contribution in [2.45, 2.75) is 6.18 Å². The zero-order valence-corrected chi connectivity index (χ0v) is 10.6. The van der Waals surface area contributed by atoms with Gasteiger partial charge in [0.25, 0.3) is 0 Å². The first-order valence-electron chi connectivity index (χ1n) is 5.52. The van der Waals surface area contributed by atoms with Crippen LogP contribution in [0.4, 0.5) is 23.2 Å². The summed E-state index contributed by atoms with van der Waals surface area (Å²) in [6.07, 6.45) is -3.77. The van der Waals surface area contributed by atoms with Crippen molar-refractivity contribution < 1.29 is 27.0 Å². The monoisotopic (exact) mass is 303 g/mol. The quantitative estimate of drug-likeness (QED) is 0.883. The summed E-state index contributed by atoms with van der Waals surface area (Å²) in [5.74, 6) is -1.85. The summed E-state index contributed by atoms with van der Waals surface area (Å²) >= 11 is 0. The van der Waals surface area contributed by atoms with Crippen LogP contribution in [0.15, 0.2) is 24.5 Å². The van der Waals surface area contributed by atoms with Gasteiger partial charge in [0.15, 0.2) is 5.69 Å². The van der Waals surface area contributed by atoms with Crippen molar-refractivity contribution in [2.75, 3.05) is 12.8 Å². The zero-order valence-electron chi connectivity index (χ0n) is 10.6. The predicted molar refractivity (Wildman–Crippen MR) is 64.5 cm³/mol. The molecule has 0 aliphatic rings. The average molecular weight is 303 g/mol. The number of anilines is 1. The number of methoxy groups -OCH3 is 1. The van der Waals surface area contributed by atoms with Crippen LogP contribution >= 0.6 is 0 Å². The second kappa shape index (κ2) is 5.43. The van der Waals surface area contributed by atoms with Crippen LogP contribution in [-0.2, 0) is 6.18 Å². The third kappa shape index (κ3) is 3.12. The van der Waals surface area contributed by atoms with E-state index in [1.807, 2.05) is 0 Å². The third-order valence-electron chi connectivity index (χ3n) is 2.46. The molecule has 2 aromatic rings. The van der Waals surface area contributed by atoms with Crippen LogP contribution in [0.5, 0.6) is 17.5 Å². The Hall–Kier alpha value is -2.58. The van der Waals surface area contributed by atoms with E-state index in [0.29, 0.717) is 12.1 Å². The van der Waals surface area contributed by atoms with E-state index < -0.39 is 17.6 Å². The fraction of sp³-hybridized carbons (Fsp3) is 0.167. The molecule has 1 heterocycles. The molecule has 0 aliphatic heterocycles. The first kappa shape index (κ1) is 14.8. The minimum atomic E-state index is -4.83. The molecule has 0 bridgehead atoms.